The number of nitrogens with one attached hydrogen (secondary N) is 1. The van der Waals surface area contributed by atoms with Gasteiger partial charge in [0.05, 0.1) is 5.69 Å². The zero-order valence-electron chi connectivity index (χ0n) is 8.79. The molecule has 1 fully saturated rings. The number of aromatic nitrogens is 1. The van der Waals surface area contributed by atoms with Gasteiger partial charge in [-0.05, 0) is 33.4 Å². The van der Waals surface area contributed by atoms with Crippen LogP contribution in [0.25, 0.3) is 0 Å². The van der Waals surface area contributed by atoms with E-state index in [9.17, 15) is 0 Å². The Kier molecular flexibility index (Phi) is 3.03. The second kappa shape index (κ2) is 4.28. The second-order valence-electron chi connectivity index (χ2n) is 3.95. The van der Waals surface area contributed by atoms with Gasteiger partial charge in [0.25, 0.3) is 0 Å². The van der Waals surface area contributed by atoms with Crippen LogP contribution >= 0.6 is 11.3 Å². The number of nitrogens with zero attached hydrogens (tertiary/aromatic N) is 2. The molecule has 4 heteroatoms. The first kappa shape index (κ1) is 9.93. The Morgan fingerprint density at radius 2 is 2.57 bits per heavy atom. The molecule has 0 saturated carbocycles. The molecule has 1 atom stereocenters. The quantitative estimate of drug-likeness (QED) is 0.828. The van der Waals surface area contributed by atoms with E-state index in [1.54, 1.807) is 11.3 Å². The molecule has 14 heavy (non-hydrogen) atoms. The van der Waals surface area contributed by atoms with Gasteiger partial charge in [-0.3, -0.25) is 0 Å². The average molecular weight is 211 g/mol. The summed E-state index contributed by atoms with van der Waals surface area (Å²) < 4.78 is 0. The maximum absolute atomic E-state index is 4.39. The Bertz CT molecular complexity index is 297. The Morgan fingerprint density at radius 1 is 1.71 bits per heavy atom. The number of likely N-dealkylation sites (N-methyl/N-ethyl adjacent to an activating group) is 1. The molecule has 1 aromatic rings. The van der Waals surface area contributed by atoms with Crippen LogP contribution in [0.1, 0.15) is 18.5 Å². The van der Waals surface area contributed by atoms with Gasteiger partial charge < -0.3 is 10.2 Å². The van der Waals surface area contributed by atoms with Crippen LogP contribution in [0.2, 0.25) is 0 Å². The number of thiazole rings is 1. The summed E-state index contributed by atoms with van der Waals surface area (Å²) in [4.78, 5) is 6.81. The summed E-state index contributed by atoms with van der Waals surface area (Å²) in [5.74, 6) is 0. The average Bonchev–Trinajstić information content (AvgIpc) is 2.72. The summed E-state index contributed by atoms with van der Waals surface area (Å²) in [6.07, 6.45) is 2.65. The number of likely N-dealkylation sites (tertiary alicyclic amines) is 1. The van der Waals surface area contributed by atoms with Crippen molar-refractivity contribution in [3.63, 3.8) is 0 Å². The highest BCUT2D eigenvalue weighted by atomic mass is 32.1. The minimum atomic E-state index is 0.694. The third kappa shape index (κ3) is 2.25. The van der Waals surface area contributed by atoms with Gasteiger partial charge in [0.15, 0.2) is 5.13 Å². The van der Waals surface area contributed by atoms with E-state index in [1.165, 1.54) is 19.4 Å². The van der Waals surface area contributed by atoms with Crippen LogP contribution in [0.15, 0.2) is 5.38 Å². The predicted molar refractivity (Wildman–Crippen MR) is 61.0 cm³/mol. The van der Waals surface area contributed by atoms with Gasteiger partial charge >= 0.3 is 0 Å². The van der Waals surface area contributed by atoms with E-state index in [4.69, 9.17) is 0 Å². The molecule has 0 spiro atoms. The zero-order chi connectivity index (χ0) is 9.97. The van der Waals surface area contributed by atoms with Gasteiger partial charge in [0.2, 0.25) is 0 Å². The molecule has 1 aromatic heterocycles. The Balaban J connectivity index is 1.82. The highest BCUT2D eigenvalue weighted by Crippen LogP contribution is 2.18. The minimum absolute atomic E-state index is 0.694. The fourth-order valence-corrected chi connectivity index (χ4v) is 2.58. The van der Waals surface area contributed by atoms with Gasteiger partial charge in [-0.2, -0.15) is 0 Å². The van der Waals surface area contributed by atoms with Crippen LogP contribution < -0.4 is 5.32 Å². The smallest absolute Gasteiger partial charge is 0.182 e. The molecule has 1 N–H and O–H groups in total. The predicted octanol–water partition coefficient (Wildman–Crippen LogP) is 1.96. The second-order valence-corrected chi connectivity index (χ2v) is 4.81. The van der Waals surface area contributed by atoms with E-state index in [1.807, 2.05) is 6.92 Å². The molecule has 0 aliphatic carbocycles. The van der Waals surface area contributed by atoms with Crippen molar-refractivity contribution in [1.82, 2.24) is 9.88 Å². The number of hydrogen-bond acceptors (Lipinski definition) is 4. The van der Waals surface area contributed by atoms with Crippen LogP contribution in [0.4, 0.5) is 5.13 Å². The number of anilines is 1. The summed E-state index contributed by atoms with van der Waals surface area (Å²) in [6, 6.07) is 0.694. The standard InChI is InChI=1S/C10H17N3S/c1-8-7-14-10(12-8)11-6-9-4-3-5-13(9)2/h7,9H,3-6H2,1-2H3,(H,11,12). The highest BCUT2D eigenvalue weighted by Gasteiger charge is 2.20. The molecule has 0 bridgehead atoms. The largest absolute Gasteiger partial charge is 0.360 e. The first-order valence-electron chi connectivity index (χ1n) is 5.12. The molecule has 2 heterocycles. The summed E-state index contributed by atoms with van der Waals surface area (Å²) in [5.41, 5.74) is 1.11. The van der Waals surface area contributed by atoms with Gasteiger partial charge in [-0.1, -0.05) is 0 Å². The lowest BCUT2D eigenvalue weighted by atomic mass is 10.2. The third-order valence-electron chi connectivity index (χ3n) is 2.78. The molecule has 0 aromatic carbocycles. The van der Waals surface area contributed by atoms with Crippen molar-refractivity contribution in [1.29, 1.82) is 0 Å². The minimum Gasteiger partial charge on any atom is -0.360 e. The van der Waals surface area contributed by atoms with Crippen LogP contribution in [0, 0.1) is 6.92 Å². The normalized spacial score (nSPS) is 22.9. The summed E-state index contributed by atoms with van der Waals surface area (Å²) in [5, 5.41) is 6.55. The van der Waals surface area contributed by atoms with Gasteiger partial charge in [0.1, 0.15) is 0 Å². The van der Waals surface area contributed by atoms with E-state index < -0.39 is 0 Å². The van der Waals surface area contributed by atoms with Gasteiger partial charge in [-0.15, -0.1) is 11.3 Å². The fraction of sp³-hybridized carbons (Fsp3) is 0.700. The topological polar surface area (TPSA) is 28.2 Å². The lowest BCUT2D eigenvalue weighted by Crippen LogP contribution is -2.31. The molecular weight excluding hydrogens is 194 g/mol. The molecule has 2 rings (SSSR count). The van der Waals surface area contributed by atoms with E-state index in [-0.39, 0.29) is 0 Å². The molecule has 3 nitrogen and oxygen atoms in total. The zero-order valence-corrected chi connectivity index (χ0v) is 9.60. The third-order valence-corrected chi connectivity index (χ3v) is 3.70. The molecule has 1 unspecified atom stereocenters. The molecule has 1 saturated heterocycles. The molecule has 78 valence electrons. The summed E-state index contributed by atoms with van der Waals surface area (Å²) in [7, 11) is 2.20. The summed E-state index contributed by atoms with van der Waals surface area (Å²) >= 11 is 1.69. The number of aryl methyl sites for hydroxylation is 1. The van der Waals surface area contributed by atoms with Crippen molar-refractivity contribution in [3.8, 4) is 0 Å². The highest BCUT2D eigenvalue weighted by molar-refractivity contribution is 7.13. The van der Waals surface area contributed by atoms with Crippen molar-refractivity contribution in [3.05, 3.63) is 11.1 Å². The van der Waals surface area contributed by atoms with Crippen LogP contribution in [-0.4, -0.2) is 36.1 Å². The van der Waals surface area contributed by atoms with Gasteiger partial charge in [-0.25, -0.2) is 4.98 Å². The first-order chi connectivity index (χ1) is 6.75. The van der Waals surface area contributed by atoms with Crippen molar-refractivity contribution in [2.24, 2.45) is 0 Å². The lowest BCUT2D eigenvalue weighted by Gasteiger charge is -2.19. The van der Waals surface area contributed by atoms with E-state index >= 15 is 0 Å². The van der Waals surface area contributed by atoms with Crippen LogP contribution in [-0.2, 0) is 0 Å². The van der Waals surface area contributed by atoms with Crippen molar-refractivity contribution >= 4 is 16.5 Å². The van der Waals surface area contributed by atoms with Crippen molar-refractivity contribution in [2.45, 2.75) is 25.8 Å². The van der Waals surface area contributed by atoms with Crippen molar-refractivity contribution in [2.75, 3.05) is 25.5 Å². The number of rotatable bonds is 3. The van der Waals surface area contributed by atoms with E-state index in [0.29, 0.717) is 6.04 Å². The monoisotopic (exact) mass is 211 g/mol. The summed E-state index contributed by atoms with van der Waals surface area (Å²) in [6.45, 7) is 4.30. The van der Waals surface area contributed by atoms with Crippen LogP contribution in [0.3, 0.4) is 0 Å². The molecular formula is C10H17N3S. The maximum atomic E-state index is 4.39. The molecule has 1 aliphatic rings. The van der Waals surface area contributed by atoms with Gasteiger partial charge in [0, 0.05) is 18.0 Å². The lowest BCUT2D eigenvalue weighted by molar-refractivity contribution is 0.322. The Labute approximate surface area is 89.1 Å². The fourth-order valence-electron chi connectivity index (χ4n) is 1.88. The van der Waals surface area contributed by atoms with E-state index in [2.05, 4.69) is 27.6 Å². The van der Waals surface area contributed by atoms with Crippen LogP contribution in [0.5, 0.6) is 0 Å². The molecule has 0 radical (unpaired) electrons. The van der Waals surface area contributed by atoms with E-state index in [0.717, 1.165) is 17.4 Å². The SMILES string of the molecule is Cc1csc(NCC2CCCN2C)n1. The Hall–Kier alpha value is -0.610. The Morgan fingerprint density at radius 3 is 3.14 bits per heavy atom. The number of hydrogen-bond donors (Lipinski definition) is 1. The van der Waals surface area contributed by atoms with Crippen molar-refractivity contribution < 1.29 is 0 Å². The molecule has 1 aliphatic heterocycles. The first-order valence-corrected chi connectivity index (χ1v) is 6.00. The molecule has 0 amide bonds. The maximum Gasteiger partial charge on any atom is 0.182 e.